The first kappa shape index (κ1) is 15.1. The van der Waals surface area contributed by atoms with Crippen LogP contribution in [0.3, 0.4) is 0 Å². The van der Waals surface area contributed by atoms with Gasteiger partial charge in [0.15, 0.2) is 5.82 Å². The quantitative estimate of drug-likeness (QED) is 0.743. The molecule has 0 fully saturated rings. The normalized spacial score (nSPS) is 10.9. The molecule has 0 aliphatic rings. The summed E-state index contributed by atoms with van der Waals surface area (Å²) < 4.78 is 5.24. The van der Waals surface area contributed by atoms with Crippen LogP contribution >= 0.6 is 0 Å². The number of carbonyl (C=O) groups is 1. The van der Waals surface area contributed by atoms with Crippen LogP contribution in [-0.2, 0) is 16.1 Å². The molecule has 2 aromatic rings. The molecule has 4 N–H and O–H groups in total. The Labute approximate surface area is 122 Å². The van der Waals surface area contributed by atoms with Crippen LogP contribution in [0.4, 0.5) is 5.69 Å². The minimum atomic E-state index is -0.181. The fraction of sp³-hybridized carbons (Fsp3) is 0.357. The molecule has 0 saturated heterocycles. The summed E-state index contributed by atoms with van der Waals surface area (Å²) in [4.78, 5) is 15.9. The minimum Gasteiger partial charge on any atom is -0.369 e. The van der Waals surface area contributed by atoms with Crippen LogP contribution in [0.1, 0.15) is 19.7 Å². The summed E-state index contributed by atoms with van der Waals surface area (Å²) in [5.74, 6) is 1.03. The Morgan fingerprint density at radius 2 is 2.10 bits per heavy atom. The fourth-order valence-electron chi connectivity index (χ4n) is 1.66. The average molecular weight is 289 g/mol. The molecule has 0 radical (unpaired) electrons. The van der Waals surface area contributed by atoms with E-state index in [0.717, 1.165) is 5.56 Å². The van der Waals surface area contributed by atoms with Crippen LogP contribution in [0, 0.1) is 0 Å². The maximum Gasteiger partial charge on any atom is 0.250 e. The van der Waals surface area contributed by atoms with Gasteiger partial charge in [0.2, 0.25) is 5.91 Å². The van der Waals surface area contributed by atoms with E-state index >= 15 is 0 Å². The maximum absolute atomic E-state index is 11.6. The van der Waals surface area contributed by atoms with Crippen molar-refractivity contribution in [2.45, 2.75) is 26.5 Å². The molecule has 7 heteroatoms. The molecule has 0 bridgehead atoms. The Kier molecular flexibility index (Phi) is 5.02. The van der Waals surface area contributed by atoms with E-state index in [1.54, 1.807) is 12.1 Å². The Morgan fingerprint density at radius 1 is 1.38 bits per heavy atom. The van der Waals surface area contributed by atoms with Crippen molar-refractivity contribution in [1.29, 1.82) is 0 Å². The van der Waals surface area contributed by atoms with E-state index in [2.05, 4.69) is 20.5 Å². The standard InChI is InChI=1S/C14H19N5O2/c1-9(2)21-8-13(20)16-11-5-3-10(4-6-11)14-17-12(7-15)18-19-14/h3-6,9H,7-8,15H2,1-2H3,(H,16,20)(H,17,18,19). The molecule has 7 nitrogen and oxygen atoms in total. The molecule has 21 heavy (non-hydrogen) atoms. The number of amides is 1. The number of nitrogens with two attached hydrogens (primary N) is 1. The molecule has 0 aliphatic carbocycles. The van der Waals surface area contributed by atoms with Crippen LogP contribution < -0.4 is 11.1 Å². The lowest BCUT2D eigenvalue weighted by Gasteiger charge is -2.08. The third kappa shape index (κ3) is 4.37. The van der Waals surface area contributed by atoms with Crippen molar-refractivity contribution in [3.05, 3.63) is 30.1 Å². The molecule has 0 unspecified atom stereocenters. The molecular weight excluding hydrogens is 270 g/mol. The number of nitrogens with zero attached hydrogens (tertiary/aromatic N) is 2. The van der Waals surface area contributed by atoms with Crippen LogP contribution in [0.25, 0.3) is 11.4 Å². The highest BCUT2D eigenvalue weighted by Crippen LogP contribution is 2.17. The zero-order valence-electron chi connectivity index (χ0n) is 12.1. The Hall–Kier alpha value is -2.25. The monoisotopic (exact) mass is 289 g/mol. The van der Waals surface area contributed by atoms with Gasteiger partial charge in [0.05, 0.1) is 12.6 Å². The number of nitrogens with one attached hydrogen (secondary N) is 2. The van der Waals surface area contributed by atoms with Gasteiger partial charge in [-0.3, -0.25) is 9.89 Å². The molecule has 0 spiro atoms. The van der Waals surface area contributed by atoms with Crippen molar-refractivity contribution in [3.8, 4) is 11.4 Å². The van der Waals surface area contributed by atoms with Crippen molar-refractivity contribution >= 4 is 11.6 Å². The number of benzene rings is 1. The van der Waals surface area contributed by atoms with Gasteiger partial charge in [-0.05, 0) is 38.1 Å². The lowest BCUT2D eigenvalue weighted by molar-refractivity contribution is -0.121. The van der Waals surface area contributed by atoms with Crippen LogP contribution in [0.15, 0.2) is 24.3 Å². The van der Waals surface area contributed by atoms with E-state index in [4.69, 9.17) is 10.5 Å². The zero-order chi connectivity index (χ0) is 15.2. The molecular formula is C14H19N5O2. The van der Waals surface area contributed by atoms with Crippen LogP contribution in [0.5, 0.6) is 0 Å². The van der Waals surface area contributed by atoms with Crippen LogP contribution in [0.2, 0.25) is 0 Å². The molecule has 0 saturated carbocycles. The Bertz CT molecular complexity index is 592. The number of H-pyrrole nitrogens is 1. The number of aromatic nitrogens is 3. The van der Waals surface area contributed by atoms with Crippen molar-refractivity contribution in [2.24, 2.45) is 5.73 Å². The lowest BCUT2D eigenvalue weighted by Crippen LogP contribution is -2.20. The smallest absolute Gasteiger partial charge is 0.250 e. The molecule has 1 amide bonds. The molecule has 0 aliphatic heterocycles. The molecule has 2 rings (SSSR count). The molecule has 112 valence electrons. The first-order valence-electron chi connectivity index (χ1n) is 6.71. The highest BCUT2D eigenvalue weighted by Gasteiger charge is 2.07. The van der Waals surface area contributed by atoms with E-state index in [9.17, 15) is 4.79 Å². The molecule has 1 aromatic heterocycles. The van der Waals surface area contributed by atoms with Gasteiger partial charge in [-0.15, -0.1) is 0 Å². The SMILES string of the molecule is CC(C)OCC(=O)Nc1ccc(-c2n[nH]c(CN)n2)cc1. The number of ether oxygens (including phenoxy) is 1. The summed E-state index contributed by atoms with van der Waals surface area (Å²) >= 11 is 0. The molecule has 1 aromatic carbocycles. The number of anilines is 1. The topological polar surface area (TPSA) is 106 Å². The number of hydrogen-bond acceptors (Lipinski definition) is 5. The number of carbonyl (C=O) groups excluding carboxylic acids is 1. The average Bonchev–Trinajstić information content (AvgIpc) is 2.95. The van der Waals surface area contributed by atoms with Crippen molar-refractivity contribution in [3.63, 3.8) is 0 Å². The van der Waals surface area contributed by atoms with E-state index in [1.165, 1.54) is 0 Å². The Morgan fingerprint density at radius 3 is 2.67 bits per heavy atom. The summed E-state index contributed by atoms with van der Waals surface area (Å²) in [6.45, 7) is 4.13. The predicted molar refractivity (Wildman–Crippen MR) is 79.4 cm³/mol. The van der Waals surface area contributed by atoms with E-state index in [1.807, 2.05) is 26.0 Å². The van der Waals surface area contributed by atoms with Gasteiger partial charge in [-0.25, -0.2) is 4.98 Å². The first-order valence-corrected chi connectivity index (χ1v) is 6.71. The minimum absolute atomic E-state index is 0.0283. The fourth-order valence-corrected chi connectivity index (χ4v) is 1.66. The number of aromatic amines is 1. The predicted octanol–water partition coefficient (Wildman–Crippen LogP) is 1.29. The van der Waals surface area contributed by atoms with Crippen molar-refractivity contribution in [2.75, 3.05) is 11.9 Å². The van der Waals surface area contributed by atoms with Gasteiger partial charge >= 0.3 is 0 Å². The summed E-state index contributed by atoms with van der Waals surface area (Å²) in [6, 6.07) is 7.26. The third-order valence-electron chi connectivity index (χ3n) is 2.70. The van der Waals surface area contributed by atoms with E-state index in [-0.39, 0.29) is 18.6 Å². The lowest BCUT2D eigenvalue weighted by atomic mass is 10.2. The second-order valence-electron chi connectivity index (χ2n) is 4.80. The van der Waals surface area contributed by atoms with E-state index < -0.39 is 0 Å². The van der Waals surface area contributed by atoms with Gasteiger partial charge in [0, 0.05) is 11.3 Å². The summed E-state index contributed by atoms with van der Waals surface area (Å²) in [6.07, 6.45) is 0.0283. The first-order chi connectivity index (χ1) is 10.1. The maximum atomic E-state index is 11.6. The van der Waals surface area contributed by atoms with Gasteiger partial charge < -0.3 is 15.8 Å². The highest BCUT2D eigenvalue weighted by atomic mass is 16.5. The van der Waals surface area contributed by atoms with Crippen molar-refractivity contribution < 1.29 is 9.53 Å². The number of rotatable bonds is 6. The highest BCUT2D eigenvalue weighted by molar-refractivity contribution is 5.91. The van der Waals surface area contributed by atoms with Gasteiger partial charge in [-0.2, -0.15) is 5.10 Å². The van der Waals surface area contributed by atoms with Gasteiger partial charge in [0.25, 0.3) is 0 Å². The summed E-state index contributed by atoms with van der Waals surface area (Å²) in [5, 5.41) is 9.59. The molecule has 0 atom stereocenters. The van der Waals surface area contributed by atoms with Gasteiger partial charge in [0.1, 0.15) is 12.4 Å². The molecule has 1 heterocycles. The summed E-state index contributed by atoms with van der Waals surface area (Å²) in [5.41, 5.74) is 7.03. The van der Waals surface area contributed by atoms with E-state index in [0.29, 0.717) is 23.9 Å². The third-order valence-corrected chi connectivity index (χ3v) is 2.70. The largest absolute Gasteiger partial charge is 0.369 e. The zero-order valence-corrected chi connectivity index (χ0v) is 12.1. The summed E-state index contributed by atoms with van der Waals surface area (Å²) in [7, 11) is 0. The second-order valence-corrected chi connectivity index (χ2v) is 4.80. The van der Waals surface area contributed by atoms with Crippen molar-refractivity contribution in [1.82, 2.24) is 15.2 Å². The van der Waals surface area contributed by atoms with Gasteiger partial charge in [-0.1, -0.05) is 0 Å². The van der Waals surface area contributed by atoms with Crippen LogP contribution in [-0.4, -0.2) is 33.8 Å². The number of hydrogen-bond donors (Lipinski definition) is 3. The Balaban J connectivity index is 1.97. The second kappa shape index (κ2) is 6.96.